The van der Waals surface area contributed by atoms with Gasteiger partial charge in [-0.2, -0.15) is 8.78 Å². The average Bonchev–Trinajstić information content (AvgIpc) is 2.16. The Morgan fingerprint density at radius 2 is 1.57 bits per heavy atom. The van der Waals surface area contributed by atoms with Crippen LogP contribution in [0.15, 0.2) is 11.7 Å². The van der Waals surface area contributed by atoms with Crippen molar-refractivity contribution in [1.82, 2.24) is 0 Å². The van der Waals surface area contributed by atoms with Crippen molar-refractivity contribution in [3.05, 3.63) is 11.7 Å². The molecule has 0 aromatic heterocycles. The average molecular weight is 269 g/mol. The molecule has 0 saturated carbocycles. The van der Waals surface area contributed by atoms with E-state index in [2.05, 4.69) is 22.9 Å². The fourth-order valence-corrected chi connectivity index (χ4v) is 1.82. The van der Waals surface area contributed by atoms with Gasteiger partial charge in [0.05, 0.1) is 0 Å². The van der Waals surface area contributed by atoms with E-state index >= 15 is 0 Å². The smallest absolute Gasteiger partial charge is 0.173 e. The highest BCUT2D eigenvalue weighted by Crippen LogP contribution is 2.18. The third kappa shape index (κ3) is 7.48. The number of hydrogen-bond acceptors (Lipinski definition) is 0. The van der Waals surface area contributed by atoms with Crippen LogP contribution in [0.2, 0.25) is 0 Å². The highest BCUT2D eigenvalue weighted by Gasteiger charge is 2.03. The molecule has 0 unspecified atom stereocenters. The summed E-state index contributed by atoms with van der Waals surface area (Å²) < 4.78 is 24.4. The molecule has 0 aliphatic heterocycles. The highest BCUT2D eigenvalue weighted by atomic mass is 79.9. The molecule has 0 nitrogen and oxygen atoms in total. The molecule has 0 aliphatic rings. The van der Waals surface area contributed by atoms with Crippen molar-refractivity contribution in [3.8, 4) is 0 Å². The number of halogens is 3. The summed E-state index contributed by atoms with van der Waals surface area (Å²) in [4.78, 5) is 0. The summed E-state index contributed by atoms with van der Waals surface area (Å²) >= 11 is 3.07. The molecule has 14 heavy (non-hydrogen) atoms. The summed E-state index contributed by atoms with van der Waals surface area (Å²) in [6.45, 7) is 2.17. The number of alkyl halides is 1. The molecule has 0 N–H and O–H groups in total. The van der Waals surface area contributed by atoms with Gasteiger partial charge in [-0.25, -0.2) is 0 Å². The topological polar surface area (TPSA) is 0 Å². The molecule has 0 heterocycles. The Morgan fingerprint density at radius 1 is 1.00 bits per heavy atom. The zero-order valence-electron chi connectivity index (χ0n) is 8.79. The van der Waals surface area contributed by atoms with Crippen molar-refractivity contribution < 1.29 is 8.78 Å². The number of unbranched alkanes of at least 4 members (excludes halogenated alkanes) is 5. The molecule has 0 saturated heterocycles. The van der Waals surface area contributed by atoms with Crippen LogP contribution in [0.1, 0.15) is 51.9 Å². The Hall–Kier alpha value is 0.0800. The molecule has 0 aromatic carbocycles. The number of allylic oxidation sites excluding steroid dienone is 1. The summed E-state index contributed by atoms with van der Waals surface area (Å²) in [5, 5.41) is 0.310. The summed E-state index contributed by atoms with van der Waals surface area (Å²) in [7, 11) is 0. The first-order valence-electron chi connectivity index (χ1n) is 5.31. The van der Waals surface area contributed by atoms with Gasteiger partial charge in [0.2, 0.25) is 0 Å². The van der Waals surface area contributed by atoms with Gasteiger partial charge in [-0.3, -0.25) is 0 Å². The van der Waals surface area contributed by atoms with Gasteiger partial charge in [0, 0.05) is 10.9 Å². The second-order valence-electron chi connectivity index (χ2n) is 3.52. The van der Waals surface area contributed by atoms with Gasteiger partial charge in [-0.1, -0.05) is 55.0 Å². The summed E-state index contributed by atoms with van der Waals surface area (Å²) in [5.41, 5.74) is 0.264. The molecule has 0 aromatic rings. The molecule has 0 rings (SSSR count). The lowest BCUT2D eigenvalue weighted by Crippen LogP contribution is -1.88. The lowest BCUT2D eigenvalue weighted by atomic mass is 10.1. The van der Waals surface area contributed by atoms with E-state index in [-0.39, 0.29) is 5.57 Å². The maximum atomic E-state index is 12.2. The van der Waals surface area contributed by atoms with Gasteiger partial charge < -0.3 is 0 Å². The first-order chi connectivity index (χ1) is 6.72. The molecule has 3 heteroatoms. The molecule has 0 aliphatic carbocycles. The number of rotatable bonds is 8. The van der Waals surface area contributed by atoms with E-state index < -0.39 is 6.08 Å². The van der Waals surface area contributed by atoms with Crippen molar-refractivity contribution >= 4 is 15.9 Å². The molecule has 0 fully saturated rings. The van der Waals surface area contributed by atoms with Crippen molar-refractivity contribution in [1.29, 1.82) is 0 Å². The van der Waals surface area contributed by atoms with Crippen LogP contribution in [0.4, 0.5) is 8.78 Å². The Kier molecular flexibility index (Phi) is 9.68. The third-order valence-corrected chi connectivity index (χ3v) is 2.94. The predicted molar refractivity (Wildman–Crippen MR) is 61.0 cm³/mol. The Morgan fingerprint density at radius 3 is 2.07 bits per heavy atom. The van der Waals surface area contributed by atoms with Crippen molar-refractivity contribution in [3.63, 3.8) is 0 Å². The van der Waals surface area contributed by atoms with Crippen molar-refractivity contribution in [2.24, 2.45) is 0 Å². The fraction of sp³-hybridized carbons (Fsp3) is 0.818. The summed E-state index contributed by atoms with van der Waals surface area (Å²) in [6.07, 6.45) is 5.91. The molecule has 0 amide bonds. The normalized spacial score (nSPS) is 10.3. The summed E-state index contributed by atoms with van der Waals surface area (Å²) in [5.74, 6) is 0. The maximum Gasteiger partial charge on any atom is 0.270 e. The van der Waals surface area contributed by atoms with E-state index in [0.29, 0.717) is 11.8 Å². The Labute approximate surface area is 93.9 Å². The van der Waals surface area contributed by atoms with Crippen LogP contribution < -0.4 is 0 Å². The third-order valence-electron chi connectivity index (χ3n) is 2.26. The maximum absolute atomic E-state index is 12.2. The van der Waals surface area contributed by atoms with Crippen LogP contribution in [-0.2, 0) is 0 Å². The quantitative estimate of drug-likeness (QED) is 0.415. The molecule has 0 bridgehead atoms. The molecular weight excluding hydrogens is 250 g/mol. The molecule has 0 radical (unpaired) electrons. The molecule has 0 spiro atoms. The standard InChI is InChI=1S/C11H19BrF2/c1-2-3-4-5-6-7-8-10(9-12)11(13)14/h2-9H2,1H3. The minimum absolute atomic E-state index is 0.264. The van der Waals surface area contributed by atoms with Crippen molar-refractivity contribution in [2.75, 3.05) is 5.33 Å². The minimum atomic E-state index is -1.50. The second kappa shape index (κ2) is 9.63. The zero-order chi connectivity index (χ0) is 10.8. The minimum Gasteiger partial charge on any atom is -0.173 e. The highest BCUT2D eigenvalue weighted by molar-refractivity contribution is 9.09. The molecule has 0 atom stereocenters. The van der Waals surface area contributed by atoms with Gasteiger partial charge in [-0.15, -0.1) is 0 Å². The zero-order valence-corrected chi connectivity index (χ0v) is 10.4. The van der Waals surface area contributed by atoms with E-state index in [0.717, 1.165) is 12.8 Å². The van der Waals surface area contributed by atoms with Gasteiger partial charge in [0.25, 0.3) is 6.08 Å². The lowest BCUT2D eigenvalue weighted by Gasteiger charge is -2.02. The van der Waals surface area contributed by atoms with Gasteiger partial charge in [-0.05, 0) is 12.8 Å². The largest absolute Gasteiger partial charge is 0.270 e. The van der Waals surface area contributed by atoms with Gasteiger partial charge in [0.1, 0.15) is 0 Å². The Bertz CT molecular complexity index is 163. The van der Waals surface area contributed by atoms with Gasteiger partial charge in [0.15, 0.2) is 0 Å². The van der Waals surface area contributed by atoms with Crippen LogP contribution in [-0.4, -0.2) is 5.33 Å². The monoisotopic (exact) mass is 268 g/mol. The van der Waals surface area contributed by atoms with Crippen LogP contribution in [0.5, 0.6) is 0 Å². The summed E-state index contributed by atoms with van der Waals surface area (Å²) in [6, 6.07) is 0. The van der Waals surface area contributed by atoms with Crippen LogP contribution in [0, 0.1) is 0 Å². The van der Waals surface area contributed by atoms with Crippen LogP contribution in [0.3, 0.4) is 0 Å². The van der Waals surface area contributed by atoms with E-state index in [1.54, 1.807) is 0 Å². The first-order valence-corrected chi connectivity index (χ1v) is 6.43. The van der Waals surface area contributed by atoms with Crippen molar-refractivity contribution in [2.45, 2.75) is 51.9 Å². The second-order valence-corrected chi connectivity index (χ2v) is 4.08. The van der Waals surface area contributed by atoms with E-state index in [9.17, 15) is 8.78 Å². The van der Waals surface area contributed by atoms with E-state index in [1.807, 2.05) is 0 Å². The number of hydrogen-bond donors (Lipinski definition) is 0. The fourth-order valence-electron chi connectivity index (χ4n) is 1.33. The predicted octanol–water partition coefficient (Wildman–Crippen LogP) is 5.28. The van der Waals surface area contributed by atoms with E-state index in [1.165, 1.54) is 25.7 Å². The first kappa shape index (κ1) is 14.1. The van der Waals surface area contributed by atoms with E-state index in [4.69, 9.17) is 0 Å². The molecule has 84 valence electrons. The Balaban J connectivity index is 3.39. The van der Waals surface area contributed by atoms with Gasteiger partial charge >= 0.3 is 0 Å². The lowest BCUT2D eigenvalue weighted by molar-refractivity contribution is 0.407. The van der Waals surface area contributed by atoms with Crippen LogP contribution >= 0.6 is 15.9 Å². The molecular formula is C11H19BrF2. The van der Waals surface area contributed by atoms with Crippen LogP contribution in [0.25, 0.3) is 0 Å². The SMILES string of the molecule is CCCCCCCCC(CBr)=C(F)F.